The second-order valence-electron chi connectivity index (χ2n) is 6.16. The maximum absolute atomic E-state index is 12.7. The number of hydrogen-bond donors (Lipinski definition) is 1. The van der Waals surface area contributed by atoms with Crippen molar-refractivity contribution in [3.05, 3.63) is 48.0 Å². The molecule has 0 fully saturated rings. The van der Waals surface area contributed by atoms with E-state index in [4.69, 9.17) is 4.74 Å². The lowest BCUT2D eigenvalue weighted by atomic mass is 10.2. The number of rotatable bonds is 3. The van der Waals surface area contributed by atoms with Crippen molar-refractivity contribution in [1.82, 2.24) is 0 Å². The average molecular weight is 360 g/mol. The van der Waals surface area contributed by atoms with Gasteiger partial charge in [-0.15, -0.1) is 0 Å². The van der Waals surface area contributed by atoms with E-state index in [2.05, 4.69) is 4.72 Å². The van der Waals surface area contributed by atoms with Crippen molar-refractivity contribution in [2.45, 2.75) is 31.8 Å². The van der Waals surface area contributed by atoms with E-state index in [1.54, 1.807) is 18.2 Å². The summed E-state index contributed by atoms with van der Waals surface area (Å²) in [5.74, 6) is 0.348. The molecule has 3 rings (SSSR count). The molecule has 0 saturated carbocycles. The second kappa shape index (κ2) is 6.40. The van der Waals surface area contributed by atoms with E-state index in [1.165, 1.54) is 24.0 Å². The largest absolute Gasteiger partial charge is 0.487 e. The number of carbonyl (C=O) groups is 1. The Balaban J connectivity index is 1.96. The number of fused-ring (bicyclic) bond motifs is 1. The molecule has 0 spiro atoms. The van der Waals surface area contributed by atoms with E-state index in [-0.39, 0.29) is 16.9 Å². The molecule has 132 valence electrons. The SMILES string of the molecule is CC(=O)N1CC(C)Oc2ccc(S(=O)(=O)Nc3ccc(C)cc3)cc21. The zero-order chi connectivity index (χ0) is 18.2. The summed E-state index contributed by atoms with van der Waals surface area (Å²) in [6.45, 7) is 5.63. The first-order chi connectivity index (χ1) is 11.8. The first kappa shape index (κ1) is 17.3. The molecule has 2 aromatic carbocycles. The predicted octanol–water partition coefficient (Wildman–Crippen LogP) is 2.93. The van der Waals surface area contributed by atoms with Gasteiger partial charge in [0.05, 0.1) is 17.1 Å². The lowest BCUT2D eigenvalue weighted by molar-refractivity contribution is -0.117. The van der Waals surface area contributed by atoms with Crippen LogP contribution in [-0.2, 0) is 14.8 Å². The average Bonchev–Trinajstić information content (AvgIpc) is 2.55. The van der Waals surface area contributed by atoms with Crippen LogP contribution >= 0.6 is 0 Å². The van der Waals surface area contributed by atoms with E-state index in [0.717, 1.165) is 5.56 Å². The monoisotopic (exact) mass is 360 g/mol. The van der Waals surface area contributed by atoms with Crippen molar-refractivity contribution < 1.29 is 17.9 Å². The van der Waals surface area contributed by atoms with Crippen LogP contribution < -0.4 is 14.4 Å². The fourth-order valence-electron chi connectivity index (χ4n) is 2.72. The van der Waals surface area contributed by atoms with Crippen LogP contribution in [0.4, 0.5) is 11.4 Å². The van der Waals surface area contributed by atoms with Gasteiger partial charge >= 0.3 is 0 Å². The molecule has 1 N–H and O–H groups in total. The first-order valence-electron chi connectivity index (χ1n) is 7.94. The van der Waals surface area contributed by atoms with Gasteiger partial charge in [0.2, 0.25) is 5.91 Å². The van der Waals surface area contributed by atoms with Crippen LogP contribution in [-0.4, -0.2) is 27.0 Å². The topological polar surface area (TPSA) is 75.7 Å². The Morgan fingerprint density at radius 1 is 1.20 bits per heavy atom. The summed E-state index contributed by atoms with van der Waals surface area (Å²) >= 11 is 0. The molecule has 1 amide bonds. The van der Waals surface area contributed by atoms with Gasteiger partial charge in [-0.2, -0.15) is 0 Å². The molecule has 1 atom stereocenters. The number of nitrogens with one attached hydrogen (secondary N) is 1. The Kier molecular flexibility index (Phi) is 4.43. The smallest absolute Gasteiger partial charge is 0.261 e. The fraction of sp³-hybridized carbons (Fsp3) is 0.278. The summed E-state index contributed by atoms with van der Waals surface area (Å²) in [5, 5.41) is 0. The lowest BCUT2D eigenvalue weighted by Crippen LogP contribution is -2.41. The van der Waals surface area contributed by atoms with Gasteiger partial charge in [-0.1, -0.05) is 17.7 Å². The maximum atomic E-state index is 12.7. The lowest BCUT2D eigenvalue weighted by Gasteiger charge is -2.33. The van der Waals surface area contributed by atoms with Crippen LogP contribution in [0.1, 0.15) is 19.4 Å². The Hall–Kier alpha value is -2.54. The van der Waals surface area contributed by atoms with Gasteiger partial charge < -0.3 is 9.64 Å². The molecule has 1 aliphatic heterocycles. The second-order valence-corrected chi connectivity index (χ2v) is 7.84. The predicted molar refractivity (Wildman–Crippen MR) is 96.5 cm³/mol. The number of aryl methyl sites for hydroxylation is 1. The molecule has 6 nitrogen and oxygen atoms in total. The number of benzene rings is 2. The van der Waals surface area contributed by atoms with Crippen LogP contribution in [0.3, 0.4) is 0 Å². The van der Waals surface area contributed by atoms with E-state index in [0.29, 0.717) is 23.7 Å². The third-order valence-corrected chi connectivity index (χ3v) is 5.36. The van der Waals surface area contributed by atoms with Crippen molar-refractivity contribution in [1.29, 1.82) is 0 Å². The fourth-order valence-corrected chi connectivity index (χ4v) is 3.80. The molecule has 25 heavy (non-hydrogen) atoms. The molecule has 0 bridgehead atoms. The van der Waals surface area contributed by atoms with Crippen LogP contribution in [0.5, 0.6) is 5.75 Å². The van der Waals surface area contributed by atoms with Gasteiger partial charge in [-0.3, -0.25) is 9.52 Å². The van der Waals surface area contributed by atoms with Crippen molar-refractivity contribution >= 4 is 27.3 Å². The van der Waals surface area contributed by atoms with Crippen molar-refractivity contribution in [3.63, 3.8) is 0 Å². The molecule has 2 aromatic rings. The van der Waals surface area contributed by atoms with Gasteiger partial charge in [0.25, 0.3) is 10.0 Å². The Morgan fingerprint density at radius 3 is 2.52 bits per heavy atom. The van der Waals surface area contributed by atoms with Gasteiger partial charge in [0.15, 0.2) is 0 Å². The Labute approximate surface area is 147 Å². The summed E-state index contributed by atoms with van der Waals surface area (Å²) < 4.78 is 33.6. The van der Waals surface area contributed by atoms with E-state index in [1.807, 2.05) is 26.0 Å². The highest BCUT2D eigenvalue weighted by Gasteiger charge is 2.27. The number of hydrogen-bond acceptors (Lipinski definition) is 4. The third-order valence-electron chi connectivity index (χ3n) is 3.98. The molecular weight excluding hydrogens is 340 g/mol. The number of carbonyl (C=O) groups excluding carboxylic acids is 1. The standard InChI is InChI=1S/C18H20N2O4S/c1-12-4-6-15(7-5-12)19-25(22,23)16-8-9-18-17(10-16)20(14(3)21)11-13(2)24-18/h4-10,13,19H,11H2,1-3H3. The van der Waals surface area contributed by atoms with Crippen molar-refractivity contribution in [2.75, 3.05) is 16.2 Å². The van der Waals surface area contributed by atoms with E-state index in [9.17, 15) is 13.2 Å². The van der Waals surface area contributed by atoms with E-state index < -0.39 is 10.0 Å². The summed E-state index contributed by atoms with van der Waals surface area (Å²) in [4.78, 5) is 13.5. The van der Waals surface area contributed by atoms with Crippen molar-refractivity contribution in [3.8, 4) is 5.75 Å². The van der Waals surface area contributed by atoms with Crippen LogP contribution in [0, 0.1) is 6.92 Å². The summed E-state index contributed by atoms with van der Waals surface area (Å²) in [6, 6.07) is 11.6. The Bertz CT molecular complexity index is 907. The van der Waals surface area contributed by atoms with Gasteiger partial charge in [-0.25, -0.2) is 8.42 Å². The number of amides is 1. The Morgan fingerprint density at radius 2 is 1.88 bits per heavy atom. The number of anilines is 2. The minimum Gasteiger partial charge on any atom is -0.487 e. The zero-order valence-electron chi connectivity index (χ0n) is 14.3. The van der Waals surface area contributed by atoms with E-state index >= 15 is 0 Å². The quantitative estimate of drug-likeness (QED) is 0.913. The highest BCUT2D eigenvalue weighted by molar-refractivity contribution is 7.92. The number of sulfonamides is 1. The first-order valence-corrected chi connectivity index (χ1v) is 9.43. The summed E-state index contributed by atoms with van der Waals surface area (Å²) in [5.41, 5.74) is 1.99. The molecule has 1 heterocycles. The zero-order valence-corrected chi connectivity index (χ0v) is 15.1. The molecule has 0 aliphatic carbocycles. The van der Waals surface area contributed by atoms with Crippen LogP contribution in [0.25, 0.3) is 0 Å². The summed E-state index contributed by atoms with van der Waals surface area (Å²) in [6.07, 6.45) is -0.149. The van der Waals surface area contributed by atoms with Crippen LogP contribution in [0.2, 0.25) is 0 Å². The third kappa shape index (κ3) is 3.61. The normalized spacial score (nSPS) is 16.8. The minimum atomic E-state index is -3.77. The molecule has 0 saturated heterocycles. The van der Waals surface area contributed by atoms with Gasteiger partial charge in [0.1, 0.15) is 11.9 Å². The number of ether oxygens (including phenoxy) is 1. The molecule has 1 unspecified atom stereocenters. The highest BCUT2D eigenvalue weighted by atomic mass is 32.2. The molecule has 7 heteroatoms. The van der Waals surface area contributed by atoms with Gasteiger partial charge in [0, 0.05) is 12.6 Å². The number of nitrogens with zero attached hydrogens (tertiary/aromatic N) is 1. The maximum Gasteiger partial charge on any atom is 0.261 e. The van der Waals surface area contributed by atoms with Crippen LogP contribution in [0.15, 0.2) is 47.4 Å². The highest BCUT2D eigenvalue weighted by Crippen LogP contribution is 2.35. The van der Waals surface area contributed by atoms with Gasteiger partial charge in [-0.05, 0) is 44.2 Å². The summed E-state index contributed by atoms with van der Waals surface area (Å²) in [7, 11) is -3.77. The molecule has 0 aromatic heterocycles. The molecule has 1 aliphatic rings. The molecule has 0 radical (unpaired) electrons. The molecular formula is C18H20N2O4S. The van der Waals surface area contributed by atoms with Crippen molar-refractivity contribution in [2.24, 2.45) is 0 Å². The minimum absolute atomic E-state index is 0.0798.